The van der Waals surface area contributed by atoms with Crippen LogP contribution in [0.5, 0.6) is 0 Å². The van der Waals surface area contributed by atoms with E-state index in [1.807, 2.05) is 36.8 Å². The van der Waals surface area contributed by atoms with Crippen molar-refractivity contribution in [2.75, 3.05) is 34.3 Å². The molecule has 9 nitrogen and oxygen atoms in total. The molecule has 0 aliphatic carbocycles. The minimum atomic E-state index is 0.502. The molecule has 0 atom stereocenters. The largest absolute Gasteiger partial charge is 0.380 e. The van der Waals surface area contributed by atoms with E-state index < -0.39 is 0 Å². The van der Waals surface area contributed by atoms with E-state index in [1.54, 1.807) is 7.11 Å². The van der Waals surface area contributed by atoms with Crippen LogP contribution in [-0.2, 0) is 17.9 Å². The lowest BCUT2D eigenvalue weighted by Gasteiger charge is -2.10. The predicted octanol–water partition coefficient (Wildman–Crippen LogP) is 3.36. The molecule has 5 aromatic rings. The van der Waals surface area contributed by atoms with Gasteiger partial charge in [-0.05, 0) is 37.9 Å². The number of likely N-dealkylation sites (N-methyl/N-ethyl adjacent to an activating group) is 1. The van der Waals surface area contributed by atoms with Gasteiger partial charge in [-0.25, -0.2) is 9.97 Å². The van der Waals surface area contributed by atoms with Gasteiger partial charge in [-0.3, -0.25) is 10.1 Å². The molecule has 34 heavy (non-hydrogen) atoms. The predicted molar refractivity (Wildman–Crippen MR) is 133 cm³/mol. The van der Waals surface area contributed by atoms with Crippen molar-refractivity contribution in [1.82, 2.24) is 40.3 Å². The van der Waals surface area contributed by atoms with Gasteiger partial charge < -0.3 is 19.9 Å². The van der Waals surface area contributed by atoms with Gasteiger partial charge in [-0.1, -0.05) is 12.1 Å². The molecule has 0 aliphatic heterocycles. The number of para-hydroxylation sites is 1. The highest BCUT2D eigenvalue weighted by Crippen LogP contribution is 2.30. The van der Waals surface area contributed by atoms with Crippen molar-refractivity contribution in [3.8, 4) is 22.6 Å². The Morgan fingerprint density at radius 1 is 1.09 bits per heavy atom. The molecule has 0 fully saturated rings. The number of aromatic nitrogens is 6. The number of aromatic amines is 2. The van der Waals surface area contributed by atoms with Gasteiger partial charge in [0, 0.05) is 62.0 Å². The van der Waals surface area contributed by atoms with Crippen LogP contribution in [0, 0.1) is 0 Å². The molecule has 0 unspecified atom stereocenters. The Labute approximate surface area is 197 Å². The van der Waals surface area contributed by atoms with Gasteiger partial charge in [0.25, 0.3) is 0 Å². The third kappa shape index (κ3) is 4.54. The van der Waals surface area contributed by atoms with Crippen LogP contribution in [0.25, 0.3) is 44.7 Å². The SMILES string of the molecule is COCc1cccc2[nH]c(-c3n[nH]c4ncc(-c5cncc(CNCCN(C)C)c5)cc34)nc12. The molecule has 0 bridgehead atoms. The van der Waals surface area contributed by atoms with Gasteiger partial charge in [-0.2, -0.15) is 5.10 Å². The van der Waals surface area contributed by atoms with E-state index in [-0.39, 0.29) is 0 Å². The van der Waals surface area contributed by atoms with Crippen LogP contribution in [0.2, 0.25) is 0 Å². The Morgan fingerprint density at radius 2 is 1.97 bits per heavy atom. The van der Waals surface area contributed by atoms with Crippen LogP contribution >= 0.6 is 0 Å². The fraction of sp³-hybridized carbons (Fsp3) is 0.280. The zero-order valence-electron chi connectivity index (χ0n) is 19.6. The average Bonchev–Trinajstić information content (AvgIpc) is 3.46. The average molecular weight is 457 g/mol. The molecule has 0 radical (unpaired) electrons. The fourth-order valence-corrected chi connectivity index (χ4v) is 4.00. The highest BCUT2D eigenvalue weighted by atomic mass is 16.5. The highest BCUT2D eigenvalue weighted by molar-refractivity contribution is 5.93. The summed E-state index contributed by atoms with van der Waals surface area (Å²) < 4.78 is 5.32. The van der Waals surface area contributed by atoms with E-state index in [4.69, 9.17) is 9.72 Å². The van der Waals surface area contributed by atoms with Crippen LogP contribution in [0.1, 0.15) is 11.1 Å². The van der Waals surface area contributed by atoms with Crippen molar-refractivity contribution in [2.45, 2.75) is 13.2 Å². The summed E-state index contributed by atoms with van der Waals surface area (Å²) >= 11 is 0. The first-order valence-electron chi connectivity index (χ1n) is 11.2. The van der Waals surface area contributed by atoms with Crippen molar-refractivity contribution in [3.63, 3.8) is 0 Å². The lowest BCUT2D eigenvalue weighted by Crippen LogP contribution is -2.26. The maximum Gasteiger partial charge on any atom is 0.159 e. The molecule has 0 spiro atoms. The summed E-state index contributed by atoms with van der Waals surface area (Å²) in [5, 5.41) is 11.9. The van der Waals surface area contributed by atoms with Gasteiger partial charge in [0.1, 0.15) is 5.69 Å². The number of fused-ring (bicyclic) bond motifs is 2. The second-order valence-corrected chi connectivity index (χ2v) is 8.59. The molecule has 0 amide bonds. The van der Waals surface area contributed by atoms with Crippen molar-refractivity contribution in [2.24, 2.45) is 0 Å². The lowest BCUT2D eigenvalue weighted by molar-refractivity contribution is 0.186. The maximum atomic E-state index is 5.32. The minimum Gasteiger partial charge on any atom is -0.380 e. The number of nitrogens with zero attached hydrogens (tertiary/aromatic N) is 5. The van der Waals surface area contributed by atoms with Crippen molar-refractivity contribution in [1.29, 1.82) is 0 Å². The van der Waals surface area contributed by atoms with Crippen LogP contribution in [0.3, 0.4) is 0 Å². The third-order valence-electron chi connectivity index (χ3n) is 5.73. The molecule has 1 aromatic carbocycles. The monoisotopic (exact) mass is 456 g/mol. The smallest absolute Gasteiger partial charge is 0.159 e. The summed E-state index contributed by atoms with van der Waals surface area (Å²) in [4.78, 5) is 19.4. The standard InChI is InChI=1S/C25H28N8O/c1-33(2)8-7-26-11-16-9-18(13-27-12-16)19-10-20-23(31-32-24(20)28-14-19)25-29-21-6-4-5-17(15-34-3)22(21)30-25/h4-6,9-10,12-14,26H,7-8,11,15H2,1-3H3,(H,29,30)(H,28,31,32). The van der Waals surface area contributed by atoms with E-state index in [0.717, 1.165) is 64.0 Å². The van der Waals surface area contributed by atoms with E-state index in [0.29, 0.717) is 18.1 Å². The first-order valence-corrected chi connectivity index (χ1v) is 11.2. The Hall–Kier alpha value is -3.66. The van der Waals surface area contributed by atoms with Gasteiger partial charge >= 0.3 is 0 Å². The molecule has 0 aliphatic rings. The van der Waals surface area contributed by atoms with E-state index in [9.17, 15) is 0 Å². The number of methoxy groups -OCH3 is 1. The number of ether oxygens (including phenoxy) is 1. The van der Waals surface area contributed by atoms with Gasteiger partial charge in [0.2, 0.25) is 0 Å². The first kappa shape index (κ1) is 22.1. The summed E-state index contributed by atoms with van der Waals surface area (Å²) in [6.45, 7) is 3.19. The minimum absolute atomic E-state index is 0.502. The van der Waals surface area contributed by atoms with Crippen LogP contribution in [-0.4, -0.2) is 69.3 Å². The Bertz CT molecular complexity index is 1420. The molecule has 4 heterocycles. The third-order valence-corrected chi connectivity index (χ3v) is 5.73. The molecule has 4 aromatic heterocycles. The quantitative estimate of drug-likeness (QED) is 0.292. The Balaban J connectivity index is 1.46. The maximum absolute atomic E-state index is 5.32. The normalized spacial score (nSPS) is 11.8. The number of imidazole rings is 1. The van der Waals surface area contributed by atoms with E-state index in [2.05, 4.69) is 61.6 Å². The Kier molecular flexibility index (Phi) is 6.31. The summed E-state index contributed by atoms with van der Waals surface area (Å²) in [5.74, 6) is 0.695. The molecular weight excluding hydrogens is 428 g/mol. The van der Waals surface area contributed by atoms with E-state index >= 15 is 0 Å². The van der Waals surface area contributed by atoms with Gasteiger partial charge in [0.05, 0.1) is 23.0 Å². The molecular formula is C25H28N8O. The van der Waals surface area contributed by atoms with Crippen LogP contribution < -0.4 is 5.32 Å². The van der Waals surface area contributed by atoms with Crippen molar-refractivity contribution >= 4 is 22.1 Å². The molecule has 9 heteroatoms. The van der Waals surface area contributed by atoms with Gasteiger partial charge in [-0.15, -0.1) is 0 Å². The molecule has 0 saturated carbocycles. The Morgan fingerprint density at radius 3 is 2.82 bits per heavy atom. The number of pyridine rings is 2. The molecule has 3 N–H and O–H groups in total. The number of nitrogens with one attached hydrogen (secondary N) is 3. The first-order chi connectivity index (χ1) is 16.6. The van der Waals surface area contributed by atoms with Gasteiger partial charge in [0.15, 0.2) is 11.5 Å². The fourth-order valence-electron chi connectivity index (χ4n) is 4.00. The second kappa shape index (κ2) is 9.68. The highest BCUT2D eigenvalue weighted by Gasteiger charge is 2.16. The van der Waals surface area contributed by atoms with Crippen LogP contribution in [0.15, 0.2) is 48.9 Å². The second-order valence-electron chi connectivity index (χ2n) is 8.59. The summed E-state index contributed by atoms with van der Waals surface area (Å²) in [7, 11) is 5.83. The number of H-pyrrole nitrogens is 2. The lowest BCUT2D eigenvalue weighted by atomic mass is 10.1. The summed E-state index contributed by atoms with van der Waals surface area (Å²) in [6, 6.07) is 10.3. The number of rotatable bonds is 9. The zero-order valence-corrected chi connectivity index (χ0v) is 19.6. The van der Waals surface area contributed by atoms with Crippen molar-refractivity contribution in [3.05, 3.63) is 60.0 Å². The number of hydrogen-bond donors (Lipinski definition) is 3. The summed E-state index contributed by atoms with van der Waals surface area (Å²) in [5.41, 5.74) is 7.44. The number of hydrogen-bond acceptors (Lipinski definition) is 7. The molecule has 5 rings (SSSR count). The van der Waals surface area contributed by atoms with Crippen molar-refractivity contribution < 1.29 is 4.74 Å². The topological polar surface area (TPSA) is 108 Å². The molecule has 0 saturated heterocycles. The zero-order chi connectivity index (χ0) is 23.5. The van der Waals surface area contributed by atoms with Crippen LogP contribution in [0.4, 0.5) is 0 Å². The number of benzene rings is 1. The summed E-state index contributed by atoms with van der Waals surface area (Å²) in [6.07, 6.45) is 5.61. The molecule has 174 valence electrons. The van der Waals surface area contributed by atoms with E-state index in [1.165, 1.54) is 0 Å².